The third kappa shape index (κ3) is 2.49. The average molecular weight is 277 g/mol. The molecule has 0 aliphatic carbocycles. The monoisotopic (exact) mass is 277 g/mol. The van der Waals surface area contributed by atoms with Gasteiger partial charge in [-0.3, -0.25) is 9.88 Å². The zero-order valence-corrected chi connectivity index (χ0v) is 11.5. The first-order valence-corrected chi connectivity index (χ1v) is 7.23. The Kier molecular flexibility index (Phi) is 3.50. The van der Waals surface area contributed by atoms with Crippen molar-refractivity contribution in [1.29, 1.82) is 0 Å². The van der Waals surface area contributed by atoms with Crippen LogP contribution in [0.25, 0.3) is 5.76 Å². The Bertz CT molecular complexity index is 536. The van der Waals surface area contributed by atoms with Crippen molar-refractivity contribution in [3.63, 3.8) is 0 Å². The minimum Gasteiger partial charge on any atom is -0.467 e. The molecule has 1 atom stereocenters. The lowest BCUT2D eigenvalue weighted by Gasteiger charge is -2.21. The van der Waals surface area contributed by atoms with Crippen LogP contribution in [0.3, 0.4) is 0 Å². The number of hydrogen-bond donors (Lipinski definition) is 0. The molecule has 5 nitrogen and oxygen atoms in total. The van der Waals surface area contributed by atoms with Gasteiger partial charge in [0, 0.05) is 18.7 Å². The van der Waals surface area contributed by atoms with E-state index < -0.39 is 0 Å². The van der Waals surface area contributed by atoms with Gasteiger partial charge in [-0.15, -0.1) is 11.3 Å². The van der Waals surface area contributed by atoms with Crippen molar-refractivity contribution in [3.05, 3.63) is 35.0 Å². The van der Waals surface area contributed by atoms with E-state index in [1.165, 1.54) is 0 Å². The van der Waals surface area contributed by atoms with Crippen molar-refractivity contribution in [2.24, 2.45) is 0 Å². The average Bonchev–Trinajstić information content (AvgIpc) is 3.14. The molecule has 1 aliphatic rings. The summed E-state index contributed by atoms with van der Waals surface area (Å²) in [6, 6.07) is 1.84. The molecule has 2 aromatic heterocycles. The summed E-state index contributed by atoms with van der Waals surface area (Å²) in [4.78, 5) is 7.11. The van der Waals surface area contributed by atoms with Crippen molar-refractivity contribution in [1.82, 2.24) is 10.1 Å². The number of anilines is 1. The first-order chi connectivity index (χ1) is 9.38. The summed E-state index contributed by atoms with van der Waals surface area (Å²) in [5.41, 5.74) is 1.80. The summed E-state index contributed by atoms with van der Waals surface area (Å²) in [7, 11) is 0. The smallest absolute Gasteiger partial charge is 0.234 e. The molecular weight excluding hydrogens is 262 g/mol. The second-order valence-electron chi connectivity index (χ2n) is 4.33. The topological polar surface area (TPSA) is 51.4 Å². The van der Waals surface area contributed by atoms with Crippen LogP contribution in [0.4, 0.5) is 5.88 Å². The third-order valence-electron chi connectivity index (χ3n) is 2.99. The molecule has 0 saturated heterocycles. The highest BCUT2D eigenvalue weighted by Gasteiger charge is 2.29. The van der Waals surface area contributed by atoms with Crippen LogP contribution in [-0.4, -0.2) is 16.4 Å². The first kappa shape index (κ1) is 12.2. The normalized spacial score (nSPS) is 18.5. The van der Waals surface area contributed by atoms with Gasteiger partial charge in [-0.05, 0) is 6.42 Å². The quantitative estimate of drug-likeness (QED) is 0.837. The van der Waals surface area contributed by atoms with Crippen molar-refractivity contribution >= 4 is 23.0 Å². The molecule has 0 radical (unpaired) electrons. The Labute approximate surface area is 115 Å². The maximum absolute atomic E-state index is 6.01. The summed E-state index contributed by atoms with van der Waals surface area (Å²) in [5, 5.41) is 3.76. The van der Waals surface area contributed by atoms with E-state index >= 15 is 0 Å². The summed E-state index contributed by atoms with van der Waals surface area (Å²) < 4.78 is 11.2. The van der Waals surface area contributed by atoms with Gasteiger partial charge in [0.15, 0.2) is 12.0 Å². The molecule has 0 bridgehead atoms. The van der Waals surface area contributed by atoms with E-state index in [-0.39, 0.29) is 6.23 Å². The predicted octanol–water partition coefficient (Wildman–Crippen LogP) is 3.48. The van der Waals surface area contributed by atoms with Gasteiger partial charge in [0.1, 0.15) is 0 Å². The zero-order chi connectivity index (χ0) is 13.1. The van der Waals surface area contributed by atoms with Crippen LogP contribution < -0.4 is 4.90 Å². The molecular formula is C13H15N3O2S. The third-order valence-corrected chi connectivity index (χ3v) is 3.78. The maximum atomic E-state index is 6.01. The first-order valence-electron chi connectivity index (χ1n) is 6.35. The van der Waals surface area contributed by atoms with Gasteiger partial charge in [-0.25, -0.2) is 0 Å². The molecule has 1 unspecified atom stereocenters. The molecule has 0 N–H and O–H groups in total. The zero-order valence-electron chi connectivity index (χ0n) is 10.7. The molecule has 0 amide bonds. The van der Waals surface area contributed by atoms with E-state index in [1.54, 1.807) is 23.0 Å². The number of ether oxygens (including phenoxy) is 1. The van der Waals surface area contributed by atoms with Crippen molar-refractivity contribution in [3.8, 4) is 0 Å². The van der Waals surface area contributed by atoms with Gasteiger partial charge < -0.3 is 9.26 Å². The van der Waals surface area contributed by atoms with E-state index in [0.29, 0.717) is 5.88 Å². The van der Waals surface area contributed by atoms with Crippen LogP contribution in [0, 0.1) is 0 Å². The van der Waals surface area contributed by atoms with Crippen LogP contribution in [0.2, 0.25) is 0 Å². The number of hydrogen-bond acceptors (Lipinski definition) is 6. The number of aromatic nitrogens is 2. The van der Waals surface area contributed by atoms with Crippen LogP contribution in [-0.2, 0) is 4.74 Å². The molecule has 19 heavy (non-hydrogen) atoms. The molecule has 0 aromatic carbocycles. The second kappa shape index (κ2) is 5.44. The SMILES string of the molecule is CCCCC1OC(c2cncs2)=CN1c1ccno1. The summed E-state index contributed by atoms with van der Waals surface area (Å²) >= 11 is 1.57. The minimum absolute atomic E-state index is 0.0231. The number of rotatable bonds is 5. The molecule has 0 spiro atoms. The van der Waals surface area contributed by atoms with Gasteiger partial charge in [-0.1, -0.05) is 18.5 Å². The van der Waals surface area contributed by atoms with Crippen molar-refractivity contribution < 1.29 is 9.26 Å². The molecule has 3 heterocycles. The summed E-state index contributed by atoms with van der Waals surface area (Å²) in [5.74, 6) is 1.56. The van der Waals surface area contributed by atoms with Crippen molar-refractivity contribution in [2.75, 3.05) is 4.90 Å². The summed E-state index contributed by atoms with van der Waals surface area (Å²) in [6.45, 7) is 2.17. The highest BCUT2D eigenvalue weighted by molar-refractivity contribution is 7.10. The van der Waals surface area contributed by atoms with Gasteiger partial charge in [0.2, 0.25) is 5.88 Å². The van der Waals surface area contributed by atoms with Crippen LogP contribution in [0.15, 0.2) is 34.7 Å². The van der Waals surface area contributed by atoms with Gasteiger partial charge in [0.05, 0.1) is 22.8 Å². The van der Waals surface area contributed by atoms with Crippen LogP contribution >= 0.6 is 11.3 Å². The second-order valence-corrected chi connectivity index (χ2v) is 5.22. The molecule has 2 aromatic rings. The van der Waals surface area contributed by atoms with Crippen LogP contribution in [0.5, 0.6) is 0 Å². The summed E-state index contributed by atoms with van der Waals surface area (Å²) in [6.07, 6.45) is 8.61. The molecule has 1 aliphatic heterocycles. The molecule has 0 fully saturated rings. The van der Waals surface area contributed by atoms with Gasteiger partial charge in [-0.2, -0.15) is 0 Å². The maximum Gasteiger partial charge on any atom is 0.234 e. The highest BCUT2D eigenvalue weighted by atomic mass is 32.1. The number of nitrogens with zero attached hydrogens (tertiary/aromatic N) is 3. The Hall–Kier alpha value is -1.82. The van der Waals surface area contributed by atoms with Crippen molar-refractivity contribution in [2.45, 2.75) is 32.4 Å². The Morgan fingerprint density at radius 3 is 3.11 bits per heavy atom. The standard InChI is InChI=1S/C13H15N3O2S/c1-2-3-4-12-16(13-5-6-15-18-13)8-10(17-12)11-7-14-9-19-11/h5-9,12H,2-4H2,1H3. The fraction of sp³-hybridized carbons (Fsp3) is 0.385. The fourth-order valence-electron chi connectivity index (χ4n) is 2.03. The lowest BCUT2D eigenvalue weighted by molar-refractivity contribution is 0.174. The molecule has 6 heteroatoms. The lowest BCUT2D eigenvalue weighted by Crippen LogP contribution is -2.27. The van der Waals surface area contributed by atoms with Gasteiger partial charge in [0.25, 0.3) is 0 Å². The lowest BCUT2D eigenvalue weighted by atomic mass is 10.2. The molecule has 0 saturated carbocycles. The van der Waals surface area contributed by atoms with E-state index in [0.717, 1.165) is 29.9 Å². The Morgan fingerprint density at radius 2 is 2.42 bits per heavy atom. The predicted molar refractivity (Wildman–Crippen MR) is 73.5 cm³/mol. The van der Waals surface area contributed by atoms with Gasteiger partial charge >= 0.3 is 0 Å². The van der Waals surface area contributed by atoms with E-state index in [9.17, 15) is 0 Å². The number of unbranched alkanes of at least 4 members (excludes halogenated alkanes) is 1. The molecule has 100 valence electrons. The van der Waals surface area contributed by atoms with E-state index in [1.807, 2.05) is 23.4 Å². The Balaban J connectivity index is 1.83. The minimum atomic E-state index is -0.0231. The van der Waals surface area contributed by atoms with E-state index in [2.05, 4.69) is 17.1 Å². The largest absolute Gasteiger partial charge is 0.467 e. The Morgan fingerprint density at radius 1 is 1.47 bits per heavy atom. The number of thiazole rings is 1. The fourth-order valence-corrected chi connectivity index (χ4v) is 2.60. The highest BCUT2D eigenvalue weighted by Crippen LogP contribution is 2.34. The molecule has 3 rings (SSSR count). The van der Waals surface area contributed by atoms with E-state index in [4.69, 9.17) is 9.26 Å². The van der Waals surface area contributed by atoms with Crippen LogP contribution in [0.1, 0.15) is 31.1 Å².